The van der Waals surface area contributed by atoms with Crippen LogP contribution in [0.25, 0.3) is 0 Å². The molecular weight excluding hydrogens is 148 g/mol. The van der Waals surface area contributed by atoms with E-state index in [9.17, 15) is 4.21 Å². The van der Waals surface area contributed by atoms with E-state index in [-0.39, 0.29) is 12.0 Å². The summed E-state index contributed by atoms with van der Waals surface area (Å²) in [5, 5.41) is 0. The van der Waals surface area contributed by atoms with E-state index in [1.807, 2.05) is 6.92 Å². The average Bonchev–Trinajstić information content (AvgIpc) is 1.88. The van der Waals surface area contributed by atoms with Crippen molar-refractivity contribution in [2.24, 2.45) is 5.92 Å². The van der Waals surface area contributed by atoms with Crippen LogP contribution in [-0.4, -0.2) is 16.1 Å². The van der Waals surface area contributed by atoms with Crippen LogP contribution in [0.15, 0.2) is 0 Å². The predicted molar refractivity (Wildman–Crippen MR) is 40.5 cm³/mol. The molecule has 56 valence electrons. The Balaban J connectivity index is 2.53. The highest BCUT2D eigenvalue weighted by Gasteiger charge is 2.24. The normalized spacial score (nSPS) is 40.6. The lowest BCUT2D eigenvalue weighted by Gasteiger charge is -2.23. The molecule has 1 aliphatic rings. The van der Waals surface area contributed by atoms with E-state index in [1.54, 1.807) is 0 Å². The van der Waals surface area contributed by atoms with Crippen molar-refractivity contribution in [2.45, 2.75) is 19.4 Å². The first-order valence-electron chi connectivity index (χ1n) is 3.25. The summed E-state index contributed by atoms with van der Waals surface area (Å²) < 4.78 is 15.8. The van der Waals surface area contributed by atoms with Crippen molar-refractivity contribution < 1.29 is 8.39 Å². The molecule has 0 bridgehead atoms. The summed E-state index contributed by atoms with van der Waals surface area (Å²) in [4.78, 5) is 0. The summed E-state index contributed by atoms with van der Waals surface area (Å²) in [6.45, 7) is 1.86. The first-order chi connectivity index (χ1) is 4.74. The third kappa shape index (κ3) is 1.59. The summed E-state index contributed by atoms with van der Waals surface area (Å²) in [6.07, 6.45) is 5.99. The Morgan fingerprint density at radius 2 is 2.50 bits per heavy atom. The van der Waals surface area contributed by atoms with E-state index in [0.717, 1.165) is 6.42 Å². The second kappa shape index (κ2) is 3.18. The van der Waals surface area contributed by atoms with Crippen LogP contribution < -0.4 is 0 Å². The largest absolute Gasteiger partial charge is 0.286 e. The van der Waals surface area contributed by atoms with E-state index in [0.29, 0.717) is 5.75 Å². The zero-order chi connectivity index (χ0) is 7.56. The van der Waals surface area contributed by atoms with Crippen LogP contribution in [0.3, 0.4) is 0 Å². The van der Waals surface area contributed by atoms with Gasteiger partial charge in [-0.25, -0.2) is 4.21 Å². The van der Waals surface area contributed by atoms with Gasteiger partial charge in [0.2, 0.25) is 0 Å². The van der Waals surface area contributed by atoms with Crippen LogP contribution in [0.2, 0.25) is 0 Å². The molecule has 3 heteroatoms. The van der Waals surface area contributed by atoms with Crippen LogP contribution in [0.1, 0.15) is 13.3 Å². The average molecular weight is 158 g/mol. The lowest BCUT2D eigenvalue weighted by Crippen LogP contribution is -2.28. The maximum Gasteiger partial charge on any atom is 0.155 e. The third-order valence-corrected chi connectivity index (χ3v) is 2.72. The lowest BCUT2D eigenvalue weighted by atomic mass is 10.0. The van der Waals surface area contributed by atoms with E-state index in [2.05, 4.69) is 5.92 Å². The Kier molecular flexibility index (Phi) is 2.47. The monoisotopic (exact) mass is 158 g/mol. The fraction of sp³-hybridized carbons (Fsp3) is 0.714. The second-order valence-electron chi connectivity index (χ2n) is 2.37. The topological polar surface area (TPSA) is 26.3 Å². The molecule has 0 saturated carbocycles. The highest BCUT2D eigenvalue weighted by molar-refractivity contribution is 7.80. The standard InChI is InChI=1S/C7H10O2S/c1-3-7-4-5-10(8)9-6(7)2/h1,6-7H,4-5H2,2H3. The Bertz CT molecular complexity index is 183. The zero-order valence-corrected chi connectivity index (χ0v) is 6.69. The van der Waals surface area contributed by atoms with Crippen molar-refractivity contribution in [3.05, 3.63) is 0 Å². The predicted octanol–water partition coefficient (Wildman–Crippen LogP) is 0.708. The van der Waals surface area contributed by atoms with Gasteiger partial charge in [-0.15, -0.1) is 12.3 Å². The van der Waals surface area contributed by atoms with Crippen LogP contribution >= 0.6 is 0 Å². The van der Waals surface area contributed by atoms with E-state index in [4.69, 9.17) is 10.6 Å². The molecular formula is C7H10O2S. The molecule has 1 heterocycles. The molecule has 3 atom stereocenters. The molecule has 1 rings (SSSR count). The Hall–Kier alpha value is -0.330. The molecule has 0 aliphatic carbocycles. The van der Waals surface area contributed by atoms with E-state index < -0.39 is 11.1 Å². The van der Waals surface area contributed by atoms with Crippen LogP contribution in [0.5, 0.6) is 0 Å². The summed E-state index contributed by atoms with van der Waals surface area (Å²) in [7, 11) is 0. The van der Waals surface area contributed by atoms with Crippen molar-refractivity contribution in [1.29, 1.82) is 0 Å². The first-order valence-corrected chi connectivity index (χ1v) is 4.50. The van der Waals surface area contributed by atoms with Crippen molar-refractivity contribution in [3.8, 4) is 12.3 Å². The molecule has 0 N–H and O–H groups in total. The molecule has 10 heavy (non-hydrogen) atoms. The lowest BCUT2D eigenvalue weighted by molar-refractivity contribution is 0.182. The summed E-state index contributed by atoms with van der Waals surface area (Å²) >= 11 is -1.09. The van der Waals surface area contributed by atoms with Gasteiger partial charge in [0.15, 0.2) is 11.1 Å². The number of rotatable bonds is 0. The van der Waals surface area contributed by atoms with Crippen molar-refractivity contribution in [1.82, 2.24) is 0 Å². The Morgan fingerprint density at radius 3 is 3.00 bits per heavy atom. The molecule has 1 saturated heterocycles. The maximum absolute atomic E-state index is 10.8. The van der Waals surface area contributed by atoms with Gasteiger partial charge in [0, 0.05) is 5.92 Å². The molecule has 0 aromatic rings. The minimum Gasteiger partial charge on any atom is -0.286 e. The summed E-state index contributed by atoms with van der Waals surface area (Å²) in [5.74, 6) is 3.35. The van der Waals surface area contributed by atoms with Gasteiger partial charge < -0.3 is 0 Å². The molecule has 3 unspecified atom stereocenters. The highest BCUT2D eigenvalue weighted by atomic mass is 32.2. The van der Waals surface area contributed by atoms with Crippen molar-refractivity contribution in [3.63, 3.8) is 0 Å². The third-order valence-electron chi connectivity index (χ3n) is 1.64. The van der Waals surface area contributed by atoms with Gasteiger partial charge >= 0.3 is 0 Å². The molecule has 0 spiro atoms. The molecule has 0 amide bonds. The SMILES string of the molecule is C#CC1CCS(=O)OC1C. The Labute approximate surface area is 63.6 Å². The van der Waals surface area contributed by atoms with Gasteiger partial charge in [-0.1, -0.05) is 0 Å². The van der Waals surface area contributed by atoms with E-state index in [1.165, 1.54) is 0 Å². The molecule has 0 radical (unpaired) electrons. The van der Waals surface area contributed by atoms with E-state index >= 15 is 0 Å². The summed E-state index contributed by atoms with van der Waals surface area (Å²) in [5.41, 5.74) is 0. The molecule has 1 fully saturated rings. The fourth-order valence-electron chi connectivity index (χ4n) is 0.961. The van der Waals surface area contributed by atoms with Gasteiger partial charge in [-0.3, -0.25) is 4.18 Å². The summed E-state index contributed by atoms with van der Waals surface area (Å²) in [6, 6.07) is 0. The number of hydrogen-bond donors (Lipinski definition) is 0. The van der Waals surface area contributed by atoms with Crippen LogP contribution in [-0.2, 0) is 15.3 Å². The number of terminal acetylenes is 1. The smallest absolute Gasteiger partial charge is 0.155 e. The second-order valence-corrected chi connectivity index (χ2v) is 3.58. The van der Waals surface area contributed by atoms with Gasteiger partial charge in [0.1, 0.15) is 0 Å². The fourth-order valence-corrected chi connectivity index (χ4v) is 1.98. The van der Waals surface area contributed by atoms with Crippen molar-refractivity contribution in [2.75, 3.05) is 5.75 Å². The molecule has 2 nitrogen and oxygen atoms in total. The van der Waals surface area contributed by atoms with Crippen LogP contribution in [0, 0.1) is 18.3 Å². The van der Waals surface area contributed by atoms with Gasteiger partial charge in [-0.2, -0.15) is 0 Å². The quantitative estimate of drug-likeness (QED) is 0.485. The van der Waals surface area contributed by atoms with Gasteiger partial charge in [0.25, 0.3) is 0 Å². The number of hydrogen-bond acceptors (Lipinski definition) is 2. The minimum absolute atomic E-state index is 0.0421. The Morgan fingerprint density at radius 1 is 1.80 bits per heavy atom. The van der Waals surface area contributed by atoms with Crippen molar-refractivity contribution >= 4 is 11.1 Å². The first kappa shape index (κ1) is 7.77. The minimum atomic E-state index is -1.09. The molecule has 0 aromatic heterocycles. The zero-order valence-electron chi connectivity index (χ0n) is 5.87. The highest BCUT2D eigenvalue weighted by Crippen LogP contribution is 2.18. The molecule has 1 aliphatic heterocycles. The van der Waals surface area contributed by atoms with Gasteiger partial charge in [-0.05, 0) is 13.3 Å². The maximum atomic E-state index is 10.8. The molecule has 0 aromatic carbocycles. The van der Waals surface area contributed by atoms with Gasteiger partial charge in [0.05, 0.1) is 11.9 Å². The van der Waals surface area contributed by atoms with Crippen LogP contribution in [0.4, 0.5) is 0 Å².